The number of likely N-dealkylation sites (N-methyl/N-ethyl adjacent to an activating group) is 1. The largest absolute Gasteiger partial charge is 0.352 e. The lowest BCUT2D eigenvalue weighted by Crippen LogP contribution is -2.45. The average molecular weight is 539 g/mol. The third-order valence-electron chi connectivity index (χ3n) is 7.37. The molecule has 2 fully saturated rings. The van der Waals surface area contributed by atoms with Gasteiger partial charge >= 0.3 is 0 Å². The van der Waals surface area contributed by atoms with Crippen LogP contribution in [0.15, 0.2) is 41.8 Å². The Bertz CT molecular complexity index is 1200. The van der Waals surface area contributed by atoms with E-state index in [-0.39, 0.29) is 60.9 Å². The Morgan fingerprint density at radius 2 is 1.84 bits per heavy atom. The zero-order chi connectivity index (χ0) is 27.4. The van der Waals surface area contributed by atoms with E-state index in [2.05, 4.69) is 5.32 Å². The molecule has 0 aliphatic carbocycles. The minimum atomic E-state index is -0.613. The van der Waals surface area contributed by atoms with Gasteiger partial charge in [0.2, 0.25) is 17.7 Å². The molecule has 9 nitrogen and oxygen atoms in total. The smallest absolute Gasteiger partial charge is 0.251 e. The van der Waals surface area contributed by atoms with Gasteiger partial charge in [0.25, 0.3) is 5.91 Å². The summed E-state index contributed by atoms with van der Waals surface area (Å²) in [5.74, 6) is -0.875. The maximum absolute atomic E-state index is 13.1. The Labute approximate surface area is 226 Å². The van der Waals surface area contributed by atoms with Gasteiger partial charge in [0.05, 0.1) is 19.1 Å². The fourth-order valence-electron chi connectivity index (χ4n) is 5.11. The van der Waals surface area contributed by atoms with E-state index >= 15 is 0 Å². The monoisotopic (exact) mass is 538 g/mol. The van der Waals surface area contributed by atoms with E-state index in [1.807, 2.05) is 48.7 Å². The zero-order valence-corrected chi connectivity index (χ0v) is 22.8. The number of carbonyl (C=O) groups excluding carboxylic acids is 5. The van der Waals surface area contributed by atoms with E-state index in [0.29, 0.717) is 31.5 Å². The lowest BCUT2D eigenvalue weighted by molar-refractivity contribution is -0.139. The molecule has 4 rings (SSSR count). The number of nitrogens with one attached hydrogen (secondary N) is 1. The standard InChI is InChI=1S/C28H34N4O5S/c1-18(10-12-29-28(37)21-8-6-20(7-9-21)24-5-4-14-38-24)15-25(35)31-13-11-22-27(31)23(34)16-32(22)26(36)17-30(3)19(2)33/h4-9,14,18,22,27H,10-13,15-17H2,1-3H3,(H,29,37). The van der Waals surface area contributed by atoms with E-state index < -0.39 is 6.04 Å². The van der Waals surface area contributed by atoms with Crippen molar-refractivity contribution < 1.29 is 24.0 Å². The lowest BCUT2D eigenvalue weighted by Gasteiger charge is -2.26. The van der Waals surface area contributed by atoms with Crippen LogP contribution in [0.5, 0.6) is 0 Å². The van der Waals surface area contributed by atoms with Gasteiger partial charge in [-0.25, -0.2) is 0 Å². The third kappa shape index (κ3) is 6.12. The predicted molar refractivity (Wildman–Crippen MR) is 144 cm³/mol. The van der Waals surface area contributed by atoms with Crippen LogP contribution >= 0.6 is 11.3 Å². The molecule has 3 atom stereocenters. The molecule has 10 heteroatoms. The fraction of sp³-hybridized carbons (Fsp3) is 0.464. The summed E-state index contributed by atoms with van der Waals surface area (Å²) in [6.45, 7) is 4.10. The molecule has 1 N–H and O–H groups in total. The number of Topliss-reactive ketones (excluding diaryl/α,β-unsaturated/α-hetero) is 1. The predicted octanol–water partition coefficient (Wildman–Crippen LogP) is 2.42. The molecule has 1 aromatic heterocycles. The Morgan fingerprint density at radius 1 is 1.11 bits per heavy atom. The highest BCUT2D eigenvalue weighted by Crippen LogP contribution is 2.31. The molecule has 2 aromatic rings. The molecular weight excluding hydrogens is 504 g/mol. The fourth-order valence-corrected chi connectivity index (χ4v) is 5.84. The Kier molecular flexibility index (Phi) is 8.61. The number of ketones is 1. The summed E-state index contributed by atoms with van der Waals surface area (Å²) in [6, 6.07) is 10.6. The summed E-state index contributed by atoms with van der Waals surface area (Å²) in [6.07, 6.45) is 1.44. The van der Waals surface area contributed by atoms with Crippen molar-refractivity contribution in [1.29, 1.82) is 0 Å². The first-order chi connectivity index (χ1) is 18.2. The second-order valence-electron chi connectivity index (χ2n) is 10.2. The second-order valence-corrected chi connectivity index (χ2v) is 11.1. The van der Waals surface area contributed by atoms with Gasteiger partial charge in [-0.15, -0.1) is 11.3 Å². The molecule has 0 spiro atoms. The van der Waals surface area contributed by atoms with Crippen LogP contribution in [0.3, 0.4) is 0 Å². The SMILES string of the molecule is CC(=O)N(C)CC(=O)N1CC(=O)C2C1CCN2C(=O)CC(C)CCNC(=O)c1ccc(-c2cccs2)cc1. The van der Waals surface area contributed by atoms with Crippen molar-refractivity contribution in [2.75, 3.05) is 33.2 Å². The number of rotatable bonds is 9. The first kappa shape index (κ1) is 27.5. The molecule has 0 saturated carbocycles. The van der Waals surface area contributed by atoms with E-state index in [1.54, 1.807) is 23.3 Å². The number of thiophene rings is 1. The highest BCUT2D eigenvalue weighted by atomic mass is 32.1. The Balaban J connectivity index is 1.23. The van der Waals surface area contributed by atoms with Gasteiger partial charge in [-0.1, -0.05) is 25.1 Å². The van der Waals surface area contributed by atoms with Crippen molar-refractivity contribution in [3.05, 3.63) is 47.3 Å². The number of hydrogen-bond acceptors (Lipinski definition) is 6. The molecule has 38 heavy (non-hydrogen) atoms. The number of fused-ring (bicyclic) bond motifs is 1. The van der Waals surface area contributed by atoms with E-state index in [0.717, 1.165) is 10.4 Å². The summed E-state index contributed by atoms with van der Waals surface area (Å²) >= 11 is 1.65. The summed E-state index contributed by atoms with van der Waals surface area (Å²) in [5.41, 5.74) is 1.66. The molecule has 0 radical (unpaired) electrons. The highest BCUT2D eigenvalue weighted by Gasteiger charge is 2.51. The molecule has 4 amide bonds. The maximum Gasteiger partial charge on any atom is 0.251 e. The summed E-state index contributed by atoms with van der Waals surface area (Å²) in [5, 5.41) is 4.94. The molecular formula is C28H34N4O5S. The van der Waals surface area contributed by atoms with Crippen molar-refractivity contribution >= 4 is 40.7 Å². The lowest BCUT2D eigenvalue weighted by atomic mass is 10.0. The number of nitrogens with zero attached hydrogens (tertiary/aromatic N) is 3. The van der Waals surface area contributed by atoms with Crippen LogP contribution in [0.25, 0.3) is 10.4 Å². The quantitative estimate of drug-likeness (QED) is 0.528. The van der Waals surface area contributed by atoms with Gasteiger partial charge in [0.1, 0.15) is 6.04 Å². The normalized spacial score (nSPS) is 19.3. The van der Waals surface area contributed by atoms with Gasteiger partial charge < -0.3 is 20.0 Å². The van der Waals surface area contributed by atoms with Crippen LogP contribution in [0.1, 0.15) is 43.5 Å². The Hall–Kier alpha value is -3.53. The minimum absolute atomic E-state index is 0.0153. The first-order valence-corrected chi connectivity index (χ1v) is 13.8. The van der Waals surface area contributed by atoms with Crippen LogP contribution < -0.4 is 5.32 Å². The van der Waals surface area contributed by atoms with Gasteiger partial charge in [-0.2, -0.15) is 0 Å². The van der Waals surface area contributed by atoms with Gasteiger partial charge in [0.15, 0.2) is 5.78 Å². The van der Waals surface area contributed by atoms with Crippen molar-refractivity contribution in [2.45, 2.75) is 45.2 Å². The van der Waals surface area contributed by atoms with Gasteiger partial charge in [0, 0.05) is 43.9 Å². The maximum atomic E-state index is 13.1. The first-order valence-electron chi connectivity index (χ1n) is 12.9. The minimum Gasteiger partial charge on any atom is -0.352 e. The van der Waals surface area contributed by atoms with Crippen LogP contribution in [-0.2, 0) is 19.2 Å². The van der Waals surface area contributed by atoms with Crippen molar-refractivity contribution in [1.82, 2.24) is 20.0 Å². The van der Waals surface area contributed by atoms with Crippen molar-refractivity contribution in [3.63, 3.8) is 0 Å². The molecule has 3 heterocycles. The Morgan fingerprint density at radius 3 is 2.50 bits per heavy atom. The van der Waals surface area contributed by atoms with Crippen LogP contribution in [-0.4, -0.2) is 89.4 Å². The summed E-state index contributed by atoms with van der Waals surface area (Å²) < 4.78 is 0. The third-order valence-corrected chi connectivity index (χ3v) is 8.29. The van der Waals surface area contributed by atoms with Gasteiger partial charge in [-0.3, -0.25) is 24.0 Å². The van der Waals surface area contributed by atoms with E-state index in [1.165, 1.54) is 16.7 Å². The van der Waals surface area contributed by atoms with Crippen LogP contribution in [0.4, 0.5) is 0 Å². The van der Waals surface area contributed by atoms with Gasteiger partial charge in [-0.05, 0) is 47.9 Å². The molecule has 2 aliphatic heterocycles. The molecule has 3 unspecified atom stereocenters. The highest BCUT2D eigenvalue weighted by molar-refractivity contribution is 7.13. The molecule has 0 bridgehead atoms. The summed E-state index contributed by atoms with van der Waals surface area (Å²) in [7, 11) is 1.55. The number of likely N-dealkylation sites (tertiary alicyclic amines) is 2. The summed E-state index contributed by atoms with van der Waals surface area (Å²) in [4.78, 5) is 68.1. The van der Waals surface area contributed by atoms with E-state index in [9.17, 15) is 24.0 Å². The average Bonchev–Trinajstić information content (AvgIpc) is 3.63. The zero-order valence-electron chi connectivity index (χ0n) is 22.0. The second kappa shape index (κ2) is 11.9. The molecule has 2 aliphatic rings. The number of carbonyl (C=O) groups is 5. The van der Waals surface area contributed by atoms with Crippen LogP contribution in [0, 0.1) is 5.92 Å². The number of amides is 4. The molecule has 1 aromatic carbocycles. The van der Waals surface area contributed by atoms with Crippen LogP contribution in [0.2, 0.25) is 0 Å². The molecule has 2 saturated heterocycles. The molecule has 202 valence electrons. The number of hydrogen-bond donors (Lipinski definition) is 1. The van der Waals surface area contributed by atoms with E-state index in [4.69, 9.17) is 0 Å². The number of benzene rings is 1. The van der Waals surface area contributed by atoms with Crippen molar-refractivity contribution in [3.8, 4) is 10.4 Å². The topological polar surface area (TPSA) is 107 Å². The van der Waals surface area contributed by atoms with Crippen molar-refractivity contribution in [2.24, 2.45) is 5.92 Å².